The molecule has 6 nitrogen and oxygen atoms in total. The van der Waals surface area contributed by atoms with E-state index in [1.807, 2.05) is 0 Å². The number of fused-ring (bicyclic) bond motifs is 2. The maximum absolute atomic E-state index is 12.4. The van der Waals surface area contributed by atoms with Gasteiger partial charge in [0.05, 0.1) is 12.3 Å². The second-order valence-corrected chi connectivity index (χ2v) is 6.15. The van der Waals surface area contributed by atoms with Gasteiger partial charge < -0.3 is 14.6 Å². The molecule has 1 aromatic rings. The number of methoxy groups -OCH3 is 1. The van der Waals surface area contributed by atoms with E-state index in [0.29, 0.717) is 29.0 Å². The van der Waals surface area contributed by atoms with Gasteiger partial charge in [-0.2, -0.15) is 0 Å². The van der Waals surface area contributed by atoms with Crippen molar-refractivity contribution >= 4 is 5.91 Å². The van der Waals surface area contributed by atoms with Gasteiger partial charge in [0, 0.05) is 32.3 Å². The smallest absolute Gasteiger partial charge is 0.257 e. The molecule has 1 aliphatic carbocycles. The Morgan fingerprint density at radius 3 is 2.86 bits per heavy atom. The van der Waals surface area contributed by atoms with Crippen molar-refractivity contribution in [2.24, 2.45) is 5.92 Å². The minimum Gasteiger partial charge on any atom is -0.383 e. The average molecular weight is 293 g/mol. The molecule has 0 radical (unpaired) electrons. The van der Waals surface area contributed by atoms with E-state index in [4.69, 9.17) is 9.26 Å². The summed E-state index contributed by atoms with van der Waals surface area (Å²) in [6.45, 7) is 6.41. The molecule has 2 fully saturated rings. The highest BCUT2D eigenvalue weighted by molar-refractivity contribution is 5.96. The zero-order chi connectivity index (χ0) is 15.0. The largest absolute Gasteiger partial charge is 0.383 e. The molecular formula is C15H23N3O3. The van der Waals surface area contributed by atoms with Crippen molar-refractivity contribution in [3.8, 4) is 0 Å². The molecule has 0 spiro atoms. The van der Waals surface area contributed by atoms with E-state index in [1.54, 1.807) is 21.0 Å². The van der Waals surface area contributed by atoms with Gasteiger partial charge in [-0.15, -0.1) is 0 Å². The van der Waals surface area contributed by atoms with Crippen LogP contribution in [0.15, 0.2) is 4.52 Å². The van der Waals surface area contributed by atoms with Crippen LogP contribution in [-0.2, 0) is 4.74 Å². The number of aromatic nitrogens is 1. The second kappa shape index (κ2) is 5.77. The summed E-state index contributed by atoms with van der Waals surface area (Å²) < 4.78 is 10.2. The first-order valence-electron chi connectivity index (χ1n) is 7.57. The summed E-state index contributed by atoms with van der Waals surface area (Å²) in [6.07, 6.45) is 2.21. The van der Waals surface area contributed by atoms with E-state index >= 15 is 0 Å². The molecule has 21 heavy (non-hydrogen) atoms. The van der Waals surface area contributed by atoms with Crippen LogP contribution in [0.5, 0.6) is 0 Å². The highest BCUT2D eigenvalue weighted by atomic mass is 16.5. The molecule has 3 rings (SSSR count). The van der Waals surface area contributed by atoms with Gasteiger partial charge in [-0.25, -0.2) is 0 Å². The molecule has 1 saturated carbocycles. The fraction of sp³-hybridized carbons (Fsp3) is 0.733. The van der Waals surface area contributed by atoms with Crippen molar-refractivity contribution < 1.29 is 14.1 Å². The van der Waals surface area contributed by atoms with E-state index in [0.717, 1.165) is 26.1 Å². The standard InChI is InChI=1S/C15H23N3O3/c1-9-14(10(2)21-17-9)15(19)16-13-7-12-6-11(13)8-18(12)4-5-20-3/h11-13H,4-8H2,1-3H3,(H,16,19). The lowest BCUT2D eigenvalue weighted by Gasteiger charge is -2.31. The number of hydrogen-bond acceptors (Lipinski definition) is 5. The predicted octanol–water partition coefficient (Wildman–Crippen LogP) is 1.13. The maximum atomic E-state index is 12.4. The van der Waals surface area contributed by atoms with Gasteiger partial charge in [-0.1, -0.05) is 5.16 Å². The number of piperidine rings is 1. The van der Waals surface area contributed by atoms with Crippen LogP contribution in [-0.4, -0.2) is 54.9 Å². The van der Waals surface area contributed by atoms with E-state index in [2.05, 4.69) is 15.4 Å². The van der Waals surface area contributed by atoms with Crippen LogP contribution in [0.1, 0.15) is 34.7 Å². The number of ether oxygens (including phenoxy) is 1. The number of nitrogens with one attached hydrogen (secondary N) is 1. The molecular weight excluding hydrogens is 270 g/mol. The first-order chi connectivity index (χ1) is 10.1. The summed E-state index contributed by atoms with van der Waals surface area (Å²) in [4.78, 5) is 14.9. The lowest BCUT2D eigenvalue weighted by Crippen LogP contribution is -2.46. The minimum absolute atomic E-state index is 0.0489. The highest BCUT2D eigenvalue weighted by Crippen LogP contribution is 2.37. The molecule has 116 valence electrons. The highest BCUT2D eigenvalue weighted by Gasteiger charge is 2.45. The van der Waals surface area contributed by atoms with Crippen molar-refractivity contribution in [2.75, 3.05) is 26.8 Å². The van der Waals surface area contributed by atoms with E-state index in [9.17, 15) is 4.79 Å². The van der Waals surface area contributed by atoms with Gasteiger partial charge in [-0.05, 0) is 32.6 Å². The molecule has 1 aromatic heterocycles. The van der Waals surface area contributed by atoms with E-state index < -0.39 is 0 Å². The van der Waals surface area contributed by atoms with Crippen LogP contribution in [0.3, 0.4) is 0 Å². The second-order valence-electron chi connectivity index (χ2n) is 6.15. The number of carbonyl (C=O) groups is 1. The van der Waals surface area contributed by atoms with E-state index in [1.165, 1.54) is 6.42 Å². The summed E-state index contributed by atoms with van der Waals surface area (Å²) in [6, 6.07) is 0.857. The summed E-state index contributed by atoms with van der Waals surface area (Å²) in [5.74, 6) is 1.10. The summed E-state index contributed by atoms with van der Waals surface area (Å²) in [7, 11) is 1.74. The number of amides is 1. The summed E-state index contributed by atoms with van der Waals surface area (Å²) >= 11 is 0. The summed E-state index contributed by atoms with van der Waals surface area (Å²) in [5.41, 5.74) is 1.25. The first kappa shape index (κ1) is 14.5. The minimum atomic E-state index is -0.0489. The molecule has 1 N–H and O–H groups in total. The molecule has 1 aliphatic heterocycles. The molecule has 1 saturated heterocycles. The van der Waals surface area contributed by atoms with Crippen molar-refractivity contribution in [1.29, 1.82) is 0 Å². The Morgan fingerprint density at radius 2 is 2.29 bits per heavy atom. The molecule has 2 heterocycles. The molecule has 2 aliphatic rings. The lowest BCUT2D eigenvalue weighted by molar-refractivity contribution is 0.0883. The monoisotopic (exact) mass is 293 g/mol. The summed E-state index contributed by atoms with van der Waals surface area (Å²) in [5, 5.41) is 7.02. The number of rotatable bonds is 5. The van der Waals surface area contributed by atoms with Crippen LogP contribution >= 0.6 is 0 Å². The van der Waals surface area contributed by atoms with Crippen LogP contribution in [0.4, 0.5) is 0 Å². The quantitative estimate of drug-likeness (QED) is 0.881. The van der Waals surface area contributed by atoms with Gasteiger partial charge >= 0.3 is 0 Å². The van der Waals surface area contributed by atoms with Crippen molar-refractivity contribution in [1.82, 2.24) is 15.4 Å². The van der Waals surface area contributed by atoms with Gasteiger partial charge in [0.2, 0.25) is 0 Å². The SMILES string of the molecule is COCCN1CC2CC1CC2NC(=O)c1c(C)noc1C. The van der Waals surface area contributed by atoms with Crippen molar-refractivity contribution in [2.45, 2.75) is 38.8 Å². The number of hydrogen-bond donors (Lipinski definition) is 1. The van der Waals surface area contributed by atoms with Crippen LogP contribution in [0.25, 0.3) is 0 Å². The molecule has 3 atom stereocenters. The maximum Gasteiger partial charge on any atom is 0.257 e. The number of nitrogens with zero attached hydrogens (tertiary/aromatic N) is 2. The normalized spacial score (nSPS) is 28.2. The fourth-order valence-electron chi connectivity index (χ4n) is 3.75. The van der Waals surface area contributed by atoms with Crippen molar-refractivity contribution in [3.63, 3.8) is 0 Å². The van der Waals surface area contributed by atoms with Crippen LogP contribution in [0.2, 0.25) is 0 Å². The Hall–Kier alpha value is -1.40. The average Bonchev–Trinajstić information content (AvgIpc) is 3.11. The zero-order valence-corrected chi connectivity index (χ0v) is 12.9. The Kier molecular flexibility index (Phi) is 3.99. The molecule has 6 heteroatoms. The third-order valence-corrected chi connectivity index (χ3v) is 4.81. The topological polar surface area (TPSA) is 67.6 Å². The zero-order valence-electron chi connectivity index (χ0n) is 12.9. The van der Waals surface area contributed by atoms with Gasteiger partial charge in [0.15, 0.2) is 0 Å². The fourth-order valence-corrected chi connectivity index (χ4v) is 3.75. The Balaban J connectivity index is 1.58. The molecule has 0 aromatic carbocycles. The molecule has 3 unspecified atom stereocenters. The first-order valence-corrected chi connectivity index (χ1v) is 7.57. The third-order valence-electron chi connectivity index (χ3n) is 4.81. The van der Waals surface area contributed by atoms with Gasteiger partial charge in [0.25, 0.3) is 5.91 Å². The lowest BCUT2D eigenvalue weighted by atomic mass is 10.0. The predicted molar refractivity (Wildman–Crippen MR) is 77.2 cm³/mol. The third kappa shape index (κ3) is 2.70. The Morgan fingerprint density at radius 1 is 1.48 bits per heavy atom. The molecule has 2 bridgehead atoms. The number of likely N-dealkylation sites (tertiary alicyclic amines) is 1. The van der Waals surface area contributed by atoms with Crippen LogP contribution in [0, 0.1) is 19.8 Å². The number of aryl methyl sites for hydroxylation is 2. The Bertz CT molecular complexity index is 509. The molecule has 1 amide bonds. The van der Waals surface area contributed by atoms with Crippen molar-refractivity contribution in [3.05, 3.63) is 17.0 Å². The Labute approximate surface area is 124 Å². The number of carbonyl (C=O) groups excluding carboxylic acids is 1. The van der Waals surface area contributed by atoms with Gasteiger partial charge in [0.1, 0.15) is 11.3 Å². The van der Waals surface area contributed by atoms with Gasteiger partial charge in [-0.3, -0.25) is 9.69 Å². The van der Waals surface area contributed by atoms with E-state index in [-0.39, 0.29) is 11.9 Å². The van der Waals surface area contributed by atoms with Crippen LogP contribution < -0.4 is 5.32 Å².